The predicted octanol–water partition coefficient (Wildman–Crippen LogP) is 1.88. The van der Waals surface area contributed by atoms with Gasteiger partial charge in [0.1, 0.15) is 5.01 Å². The number of hydrogen-bond acceptors (Lipinski definition) is 5. The molecule has 3 aromatic rings. The Hall–Kier alpha value is -2.54. The predicted molar refractivity (Wildman–Crippen MR) is 90.1 cm³/mol. The number of rotatable bonds is 3. The zero-order valence-corrected chi connectivity index (χ0v) is 13.9. The third kappa shape index (κ3) is 2.75. The summed E-state index contributed by atoms with van der Waals surface area (Å²) in [6, 6.07) is 7.00. The summed E-state index contributed by atoms with van der Waals surface area (Å²) >= 11 is 1.53. The molecule has 0 fully saturated rings. The van der Waals surface area contributed by atoms with Crippen LogP contribution in [0.15, 0.2) is 29.1 Å². The van der Waals surface area contributed by atoms with E-state index in [1.54, 1.807) is 31.3 Å². The second kappa shape index (κ2) is 5.92. The van der Waals surface area contributed by atoms with E-state index in [-0.39, 0.29) is 23.7 Å². The molecule has 7 heteroatoms. The molecule has 1 aromatic carbocycles. The van der Waals surface area contributed by atoms with Gasteiger partial charge in [-0.1, -0.05) is 18.2 Å². The number of aryl methyl sites for hydroxylation is 2. The standard InChI is InChI=1S/C16H16N4O2S/c1-9-10(2)23-13(18-9)8-20-16(22)12-7-5-4-6-11(12)14(19-20)15(21)17-3/h4-7H,8H2,1-3H3,(H,17,21). The lowest BCUT2D eigenvalue weighted by atomic mass is 10.1. The Morgan fingerprint density at radius 2 is 1.96 bits per heavy atom. The first-order valence-corrected chi connectivity index (χ1v) is 7.97. The number of aromatic nitrogens is 3. The number of carbonyl (C=O) groups is 1. The van der Waals surface area contributed by atoms with Crippen LogP contribution >= 0.6 is 11.3 Å². The summed E-state index contributed by atoms with van der Waals surface area (Å²) in [5.41, 5.74) is 0.969. The Balaban J connectivity index is 2.18. The molecule has 0 saturated heterocycles. The number of hydrogen-bond donors (Lipinski definition) is 1. The number of nitrogens with one attached hydrogen (secondary N) is 1. The molecule has 0 spiro atoms. The van der Waals surface area contributed by atoms with Crippen LogP contribution in [0.25, 0.3) is 10.8 Å². The van der Waals surface area contributed by atoms with Gasteiger partial charge in [0, 0.05) is 17.3 Å². The molecule has 0 atom stereocenters. The lowest BCUT2D eigenvalue weighted by Crippen LogP contribution is -2.29. The first-order valence-electron chi connectivity index (χ1n) is 7.16. The molecule has 1 N–H and O–H groups in total. The van der Waals surface area contributed by atoms with Crippen LogP contribution in [0.3, 0.4) is 0 Å². The van der Waals surface area contributed by atoms with E-state index < -0.39 is 0 Å². The number of fused-ring (bicyclic) bond motifs is 1. The lowest BCUT2D eigenvalue weighted by Gasteiger charge is -2.09. The van der Waals surface area contributed by atoms with Gasteiger partial charge in [0.15, 0.2) is 5.69 Å². The van der Waals surface area contributed by atoms with E-state index in [0.29, 0.717) is 10.8 Å². The van der Waals surface area contributed by atoms with Crippen LogP contribution < -0.4 is 10.9 Å². The topological polar surface area (TPSA) is 76.9 Å². The summed E-state index contributed by atoms with van der Waals surface area (Å²) in [6.45, 7) is 4.18. The van der Waals surface area contributed by atoms with Crippen LogP contribution in [0.4, 0.5) is 0 Å². The van der Waals surface area contributed by atoms with E-state index >= 15 is 0 Å². The zero-order valence-electron chi connectivity index (χ0n) is 13.1. The molecule has 0 radical (unpaired) electrons. The second-order valence-corrected chi connectivity index (χ2v) is 6.47. The molecule has 6 nitrogen and oxygen atoms in total. The molecule has 118 valence electrons. The van der Waals surface area contributed by atoms with Gasteiger partial charge in [-0.3, -0.25) is 9.59 Å². The van der Waals surface area contributed by atoms with Crippen LogP contribution in [0.2, 0.25) is 0 Å². The van der Waals surface area contributed by atoms with Gasteiger partial charge in [-0.2, -0.15) is 5.10 Å². The molecule has 0 aliphatic heterocycles. The number of benzene rings is 1. The molecule has 0 saturated carbocycles. The van der Waals surface area contributed by atoms with Crippen molar-refractivity contribution in [3.8, 4) is 0 Å². The summed E-state index contributed by atoms with van der Waals surface area (Å²) < 4.78 is 1.31. The maximum atomic E-state index is 12.6. The average Bonchev–Trinajstić information content (AvgIpc) is 2.87. The van der Waals surface area contributed by atoms with Gasteiger partial charge in [-0.15, -0.1) is 11.3 Å². The minimum absolute atomic E-state index is 0.223. The molecule has 2 aromatic heterocycles. The fourth-order valence-corrected chi connectivity index (χ4v) is 3.28. The first-order chi connectivity index (χ1) is 11.0. The Morgan fingerprint density at radius 1 is 1.26 bits per heavy atom. The molecule has 0 aliphatic carbocycles. The fourth-order valence-electron chi connectivity index (χ4n) is 2.36. The highest BCUT2D eigenvalue weighted by molar-refractivity contribution is 7.11. The monoisotopic (exact) mass is 328 g/mol. The van der Waals surface area contributed by atoms with Gasteiger partial charge in [0.25, 0.3) is 11.5 Å². The quantitative estimate of drug-likeness (QED) is 0.796. The third-order valence-corrected chi connectivity index (χ3v) is 4.73. The van der Waals surface area contributed by atoms with Gasteiger partial charge < -0.3 is 5.32 Å². The molecule has 0 unspecified atom stereocenters. The van der Waals surface area contributed by atoms with Gasteiger partial charge in [0.05, 0.1) is 17.6 Å². The maximum Gasteiger partial charge on any atom is 0.275 e. The highest BCUT2D eigenvalue weighted by Crippen LogP contribution is 2.18. The highest BCUT2D eigenvalue weighted by Gasteiger charge is 2.16. The Morgan fingerprint density at radius 3 is 2.57 bits per heavy atom. The summed E-state index contributed by atoms with van der Waals surface area (Å²) in [4.78, 5) is 30.3. The van der Waals surface area contributed by atoms with E-state index in [9.17, 15) is 9.59 Å². The number of carbonyl (C=O) groups excluding carboxylic acids is 1. The molecule has 2 heterocycles. The normalized spacial score (nSPS) is 10.9. The molecule has 1 amide bonds. The summed E-state index contributed by atoms with van der Waals surface area (Å²) in [6.07, 6.45) is 0. The Kier molecular flexibility index (Phi) is 3.96. The van der Waals surface area contributed by atoms with Crippen molar-refractivity contribution in [3.63, 3.8) is 0 Å². The van der Waals surface area contributed by atoms with E-state index in [1.165, 1.54) is 16.0 Å². The van der Waals surface area contributed by atoms with Crippen LogP contribution in [0, 0.1) is 13.8 Å². The highest BCUT2D eigenvalue weighted by atomic mass is 32.1. The molecule has 0 aliphatic rings. The summed E-state index contributed by atoms with van der Waals surface area (Å²) in [5.74, 6) is -0.318. The number of amides is 1. The molecule has 23 heavy (non-hydrogen) atoms. The largest absolute Gasteiger partial charge is 0.354 e. The molecular weight excluding hydrogens is 312 g/mol. The summed E-state index contributed by atoms with van der Waals surface area (Å²) in [5, 5.41) is 8.66. The van der Waals surface area contributed by atoms with Crippen molar-refractivity contribution in [2.45, 2.75) is 20.4 Å². The Labute approximate surface area is 136 Å². The van der Waals surface area contributed by atoms with E-state index in [4.69, 9.17) is 0 Å². The molecule has 0 bridgehead atoms. The minimum Gasteiger partial charge on any atom is -0.354 e. The molecular formula is C16H16N4O2S. The van der Waals surface area contributed by atoms with Crippen LogP contribution in [-0.2, 0) is 6.54 Å². The lowest BCUT2D eigenvalue weighted by molar-refractivity contribution is 0.0957. The van der Waals surface area contributed by atoms with Crippen molar-refractivity contribution in [3.05, 3.63) is 55.9 Å². The SMILES string of the molecule is CNC(=O)c1nn(Cc2nc(C)c(C)s2)c(=O)c2ccccc12. The van der Waals surface area contributed by atoms with Gasteiger partial charge in [0.2, 0.25) is 0 Å². The van der Waals surface area contributed by atoms with Crippen LogP contribution in [0.1, 0.15) is 26.1 Å². The van der Waals surface area contributed by atoms with E-state index in [0.717, 1.165) is 15.6 Å². The number of nitrogens with zero attached hydrogens (tertiary/aromatic N) is 3. The first kappa shape index (κ1) is 15.4. The van der Waals surface area contributed by atoms with Crippen molar-refractivity contribution in [1.82, 2.24) is 20.1 Å². The van der Waals surface area contributed by atoms with Gasteiger partial charge >= 0.3 is 0 Å². The van der Waals surface area contributed by atoms with Gasteiger partial charge in [-0.25, -0.2) is 9.67 Å². The van der Waals surface area contributed by atoms with Crippen LogP contribution in [0.5, 0.6) is 0 Å². The van der Waals surface area contributed by atoms with Crippen molar-refractivity contribution in [2.75, 3.05) is 7.05 Å². The van der Waals surface area contributed by atoms with Crippen molar-refractivity contribution >= 4 is 28.0 Å². The average molecular weight is 328 g/mol. The van der Waals surface area contributed by atoms with Crippen molar-refractivity contribution < 1.29 is 4.79 Å². The maximum absolute atomic E-state index is 12.6. The van der Waals surface area contributed by atoms with Gasteiger partial charge in [-0.05, 0) is 19.9 Å². The van der Waals surface area contributed by atoms with Crippen molar-refractivity contribution in [1.29, 1.82) is 0 Å². The Bertz CT molecular complexity index is 939. The van der Waals surface area contributed by atoms with E-state index in [1.807, 2.05) is 13.8 Å². The van der Waals surface area contributed by atoms with E-state index in [2.05, 4.69) is 15.4 Å². The summed E-state index contributed by atoms with van der Waals surface area (Å²) in [7, 11) is 1.54. The fraction of sp³-hybridized carbons (Fsp3) is 0.250. The third-order valence-electron chi connectivity index (χ3n) is 3.67. The van der Waals surface area contributed by atoms with Crippen molar-refractivity contribution in [2.24, 2.45) is 0 Å². The number of thiazole rings is 1. The second-order valence-electron chi connectivity index (χ2n) is 5.19. The minimum atomic E-state index is -0.318. The zero-order chi connectivity index (χ0) is 16.6. The van der Waals surface area contributed by atoms with Crippen LogP contribution in [-0.4, -0.2) is 27.7 Å². The molecule has 3 rings (SSSR count). The smallest absolute Gasteiger partial charge is 0.275 e.